The molecule has 0 atom stereocenters. The van der Waals surface area contributed by atoms with Crippen molar-refractivity contribution in [3.05, 3.63) is 81.1 Å². The summed E-state index contributed by atoms with van der Waals surface area (Å²) in [6, 6.07) is 17.6. The fourth-order valence-electron chi connectivity index (χ4n) is 2.71. The van der Waals surface area contributed by atoms with E-state index in [1.165, 1.54) is 11.3 Å². The predicted octanol–water partition coefficient (Wildman–Crippen LogP) is 4.97. The monoisotopic (exact) mass is 426 g/mol. The van der Waals surface area contributed by atoms with E-state index < -0.39 is 0 Å². The number of para-hydroxylation sites is 1. The molecule has 0 aliphatic heterocycles. The molecule has 0 fully saturated rings. The summed E-state index contributed by atoms with van der Waals surface area (Å²) >= 11 is 4.88. The fraction of sp³-hybridized carbons (Fsp3) is 0.100. The Morgan fingerprint density at radius 2 is 1.85 bits per heavy atom. The lowest BCUT2D eigenvalue weighted by Gasteiger charge is -2.08. The molecule has 130 valence electrons. The molecule has 0 saturated heterocycles. The van der Waals surface area contributed by atoms with Gasteiger partial charge in [-0.3, -0.25) is 9.36 Å². The first-order valence-corrected chi connectivity index (χ1v) is 9.80. The average Bonchev–Trinajstić information content (AvgIpc) is 3.10. The van der Waals surface area contributed by atoms with Gasteiger partial charge in [-0.05, 0) is 29.8 Å². The average molecular weight is 427 g/mol. The number of hydrogen-bond donors (Lipinski definition) is 0. The molecule has 4 aromatic rings. The van der Waals surface area contributed by atoms with Crippen LogP contribution in [0.5, 0.6) is 5.75 Å². The third-order valence-corrected chi connectivity index (χ3v) is 5.53. The van der Waals surface area contributed by atoms with E-state index in [1.807, 2.05) is 60.0 Å². The van der Waals surface area contributed by atoms with Crippen molar-refractivity contribution in [1.82, 2.24) is 9.55 Å². The van der Waals surface area contributed by atoms with E-state index in [-0.39, 0.29) is 5.56 Å². The van der Waals surface area contributed by atoms with E-state index in [0.717, 1.165) is 26.9 Å². The Morgan fingerprint density at radius 1 is 1.08 bits per heavy atom. The van der Waals surface area contributed by atoms with Crippen LogP contribution in [0, 0.1) is 0 Å². The predicted molar refractivity (Wildman–Crippen MR) is 109 cm³/mol. The molecule has 6 heteroatoms. The van der Waals surface area contributed by atoms with Gasteiger partial charge in [0.25, 0.3) is 5.56 Å². The molecule has 2 aromatic carbocycles. The standard InChI is InChI=1S/C20H15BrN2O2S/c21-15-8-6-14(7-9-15)17-12-26-19-18(17)22-13-23(20(19)24)10-11-25-16-4-2-1-3-5-16/h1-9,12-13H,10-11H2. The summed E-state index contributed by atoms with van der Waals surface area (Å²) in [5, 5.41) is 1.99. The Morgan fingerprint density at radius 3 is 2.62 bits per heavy atom. The quantitative estimate of drug-likeness (QED) is 0.452. The number of nitrogens with zero attached hydrogens (tertiary/aromatic N) is 2. The van der Waals surface area contributed by atoms with E-state index in [2.05, 4.69) is 20.9 Å². The number of rotatable bonds is 5. The smallest absolute Gasteiger partial charge is 0.271 e. The summed E-state index contributed by atoms with van der Waals surface area (Å²) < 4.78 is 8.97. The molecule has 4 nitrogen and oxygen atoms in total. The van der Waals surface area contributed by atoms with Gasteiger partial charge < -0.3 is 4.74 Å². The van der Waals surface area contributed by atoms with Gasteiger partial charge in [0.2, 0.25) is 0 Å². The zero-order valence-electron chi connectivity index (χ0n) is 13.8. The number of halogens is 1. The van der Waals surface area contributed by atoms with Crippen molar-refractivity contribution in [2.45, 2.75) is 6.54 Å². The van der Waals surface area contributed by atoms with Crippen LogP contribution in [0.15, 0.2) is 75.6 Å². The molecule has 0 aliphatic rings. The maximum absolute atomic E-state index is 12.7. The van der Waals surface area contributed by atoms with Gasteiger partial charge in [0.05, 0.1) is 18.4 Å². The van der Waals surface area contributed by atoms with E-state index >= 15 is 0 Å². The van der Waals surface area contributed by atoms with Crippen LogP contribution in [0.4, 0.5) is 0 Å². The number of aromatic nitrogens is 2. The van der Waals surface area contributed by atoms with Gasteiger partial charge in [0, 0.05) is 15.4 Å². The van der Waals surface area contributed by atoms with Crippen LogP contribution in [0.1, 0.15) is 0 Å². The lowest BCUT2D eigenvalue weighted by molar-refractivity contribution is 0.296. The number of hydrogen-bond acceptors (Lipinski definition) is 4. The Hall–Kier alpha value is -2.44. The Labute approximate surface area is 162 Å². The molecule has 2 aromatic heterocycles. The number of fused-ring (bicyclic) bond motifs is 1. The maximum atomic E-state index is 12.7. The topological polar surface area (TPSA) is 44.1 Å². The molecular formula is C20H15BrN2O2S. The molecule has 2 heterocycles. The molecule has 0 saturated carbocycles. The SMILES string of the molecule is O=c1c2scc(-c3ccc(Br)cc3)c2ncn1CCOc1ccccc1. The Kier molecular flexibility index (Phi) is 4.86. The minimum absolute atomic E-state index is 0.0278. The fourth-order valence-corrected chi connectivity index (χ4v) is 3.95. The first-order valence-electron chi connectivity index (χ1n) is 8.13. The lowest BCUT2D eigenvalue weighted by Crippen LogP contribution is -2.22. The van der Waals surface area contributed by atoms with Gasteiger partial charge >= 0.3 is 0 Å². The van der Waals surface area contributed by atoms with Crippen LogP contribution in [0.3, 0.4) is 0 Å². The van der Waals surface area contributed by atoms with Crippen molar-refractivity contribution in [3.63, 3.8) is 0 Å². The highest BCUT2D eigenvalue weighted by molar-refractivity contribution is 9.10. The number of ether oxygens (including phenoxy) is 1. The molecule has 0 N–H and O–H groups in total. The van der Waals surface area contributed by atoms with Gasteiger partial charge in [-0.2, -0.15) is 0 Å². The van der Waals surface area contributed by atoms with Crippen molar-refractivity contribution in [3.8, 4) is 16.9 Å². The number of thiophene rings is 1. The summed E-state index contributed by atoms with van der Waals surface area (Å²) in [6.45, 7) is 0.879. The van der Waals surface area contributed by atoms with Crippen molar-refractivity contribution < 1.29 is 4.74 Å². The third-order valence-electron chi connectivity index (χ3n) is 4.05. The summed E-state index contributed by atoms with van der Waals surface area (Å²) in [5.41, 5.74) is 2.77. The highest BCUT2D eigenvalue weighted by Gasteiger charge is 2.12. The first-order chi connectivity index (χ1) is 12.7. The van der Waals surface area contributed by atoms with Gasteiger partial charge in [0.1, 0.15) is 17.1 Å². The highest BCUT2D eigenvalue weighted by atomic mass is 79.9. The van der Waals surface area contributed by atoms with Crippen molar-refractivity contribution in [2.75, 3.05) is 6.61 Å². The Bertz CT molecular complexity index is 1090. The molecule has 0 bridgehead atoms. The van der Waals surface area contributed by atoms with Gasteiger partial charge in [-0.1, -0.05) is 46.3 Å². The molecule has 0 spiro atoms. The second kappa shape index (κ2) is 7.43. The van der Waals surface area contributed by atoms with Gasteiger partial charge in [-0.15, -0.1) is 11.3 Å². The van der Waals surface area contributed by atoms with Gasteiger partial charge in [-0.25, -0.2) is 4.98 Å². The molecule has 26 heavy (non-hydrogen) atoms. The third kappa shape index (κ3) is 3.43. The van der Waals surface area contributed by atoms with Crippen LogP contribution >= 0.6 is 27.3 Å². The summed E-state index contributed by atoms with van der Waals surface area (Å²) in [7, 11) is 0. The first kappa shape index (κ1) is 17.0. The van der Waals surface area contributed by atoms with Crippen molar-refractivity contribution in [2.24, 2.45) is 0 Å². The molecule has 0 aliphatic carbocycles. The molecule has 0 amide bonds. The molecule has 0 unspecified atom stereocenters. The largest absolute Gasteiger partial charge is 0.492 e. The van der Waals surface area contributed by atoms with E-state index in [1.54, 1.807) is 10.9 Å². The summed E-state index contributed by atoms with van der Waals surface area (Å²) in [5.74, 6) is 0.795. The van der Waals surface area contributed by atoms with Crippen molar-refractivity contribution >= 4 is 37.5 Å². The van der Waals surface area contributed by atoms with Crippen LogP contribution in [-0.4, -0.2) is 16.2 Å². The molecule has 4 rings (SSSR count). The van der Waals surface area contributed by atoms with E-state index in [0.29, 0.717) is 17.9 Å². The van der Waals surface area contributed by atoms with Crippen LogP contribution in [-0.2, 0) is 6.54 Å². The van der Waals surface area contributed by atoms with Crippen LogP contribution in [0.25, 0.3) is 21.3 Å². The van der Waals surface area contributed by atoms with E-state index in [4.69, 9.17) is 4.74 Å². The lowest BCUT2D eigenvalue weighted by atomic mass is 10.1. The number of benzene rings is 2. The highest BCUT2D eigenvalue weighted by Crippen LogP contribution is 2.31. The molecule has 0 radical (unpaired) electrons. The second-order valence-corrected chi connectivity index (χ2v) is 7.53. The van der Waals surface area contributed by atoms with Crippen LogP contribution in [0.2, 0.25) is 0 Å². The van der Waals surface area contributed by atoms with Crippen molar-refractivity contribution in [1.29, 1.82) is 0 Å². The van der Waals surface area contributed by atoms with Gasteiger partial charge in [0.15, 0.2) is 0 Å². The maximum Gasteiger partial charge on any atom is 0.271 e. The summed E-state index contributed by atoms with van der Waals surface area (Å²) in [4.78, 5) is 17.3. The summed E-state index contributed by atoms with van der Waals surface area (Å²) in [6.07, 6.45) is 1.61. The zero-order chi connectivity index (χ0) is 17.9. The molecular weight excluding hydrogens is 412 g/mol. The van der Waals surface area contributed by atoms with Crippen LogP contribution < -0.4 is 10.3 Å². The second-order valence-electron chi connectivity index (χ2n) is 5.74. The minimum Gasteiger partial charge on any atom is -0.492 e. The normalized spacial score (nSPS) is 11.0. The minimum atomic E-state index is -0.0278. The Balaban J connectivity index is 1.58. The van der Waals surface area contributed by atoms with E-state index in [9.17, 15) is 4.79 Å². The zero-order valence-corrected chi connectivity index (χ0v) is 16.2.